The summed E-state index contributed by atoms with van der Waals surface area (Å²) in [4.78, 5) is 10.2. The van der Waals surface area contributed by atoms with Gasteiger partial charge in [0, 0.05) is 0 Å². The predicted octanol–water partition coefficient (Wildman–Crippen LogP) is 1.01. The lowest BCUT2D eigenvalue weighted by atomic mass is 10.3. The van der Waals surface area contributed by atoms with E-state index in [1.807, 2.05) is 5.37 Å². The zero-order valence-corrected chi connectivity index (χ0v) is 4.84. The second kappa shape index (κ2) is 2.64. The van der Waals surface area contributed by atoms with Gasteiger partial charge in [0.15, 0.2) is 0 Å². The number of ketones is 1. The van der Waals surface area contributed by atoms with Gasteiger partial charge in [0.05, 0.1) is 0 Å². The quantitative estimate of drug-likeness (QED) is 0.392. The molecular weight excluding hydrogens is 108 g/mol. The second-order valence-corrected chi connectivity index (χ2v) is 1.42. The summed E-state index contributed by atoms with van der Waals surface area (Å²) in [7, 11) is 0. The lowest BCUT2D eigenvalue weighted by Gasteiger charge is -1.81. The van der Waals surface area contributed by atoms with Crippen molar-refractivity contribution < 1.29 is 4.79 Å². The third kappa shape index (κ3) is 2.23. The average molecular weight is 113 g/mol. The molecule has 0 N–H and O–H groups in total. The number of thiocarbonyl (C=S) groups is 1. The molecule has 1 nitrogen and oxygen atoms in total. The largest absolute Gasteiger partial charge is 0.288 e. The number of carbonyl (C=O) groups is 1. The van der Waals surface area contributed by atoms with E-state index in [1.165, 1.54) is 0 Å². The van der Waals surface area contributed by atoms with E-state index in [1.54, 1.807) is 6.92 Å². The van der Waals surface area contributed by atoms with Crippen LogP contribution in [0.3, 0.4) is 0 Å². The Morgan fingerprint density at radius 3 is 2.29 bits per heavy atom. The molecule has 0 aliphatic rings. The van der Waals surface area contributed by atoms with Gasteiger partial charge in [-0.1, -0.05) is 18.8 Å². The lowest BCUT2D eigenvalue weighted by Crippen LogP contribution is -1.95. The standard InChI is InChI=1S/C5H5OS/c1-4(2)5(6)3-7/h1H2,2H3. The van der Waals surface area contributed by atoms with E-state index in [0.717, 1.165) is 0 Å². The molecule has 0 rings (SSSR count). The Labute approximate surface area is 48.0 Å². The smallest absolute Gasteiger partial charge is 0.200 e. The van der Waals surface area contributed by atoms with Crippen molar-refractivity contribution in [3.8, 4) is 0 Å². The molecular formula is C5H5OS. The first-order chi connectivity index (χ1) is 3.18. The van der Waals surface area contributed by atoms with Gasteiger partial charge < -0.3 is 0 Å². The maximum atomic E-state index is 10.2. The van der Waals surface area contributed by atoms with Crippen molar-refractivity contribution >= 4 is 23.4 Å². The van der Waals surface area contributed by atoms with Crippen molar-refractivity contribution in [1.29, 1.82) is 0 Å². The van der Waals surface area contributed by atoms with Crippen LogP contribution in [0.4, 0.5) is 0 Å². The van der Waals surface area contributed by atoms with E-state index in [4.69, 9.17) is 0 Å². The van der Waals surface area contributed by atoms with Gasteiger partial charge in [-0.05, 0) is 12.5 Å². The first kappa shape index (κ1) is 6.50. The Morgan fingerprint density at radius 2 is 2.29 bits per heavy atom. The van der Waals surface area contributed by atoms with Crippen molar-refractivity contribution in [2.24, 2.45) is 0 Å². The van der Waals surface area contributed by atoms with Gasteiger partial charge in [-0.25, -0.2) is 0 Å². The van der Waals surface area contributed by atoms with Gasteiger partial charge in [-0.15, -0.1) is 0 Å². The van der Waals surface area contributed by atoms with Crippen molar-refractivity contribution in [2.75, 3.05) is 0 Å². The molecule has 2 heteroatoms. The first-order valence-electron chi connectivity index (χ1n) is 1.76. The summed E-state index contributed by atoms with van der Waals surface area (Å²) >= 11 is 4.19. The van der Waals surface area contributed by atoms with E-state index < -0.39 is 0 Å². The van der Waals surface area contributed by atoms with Crippen LogP contribution in [0, 0.1) is 0 Å². The van der Waals surface area contributed by atoms with Crippen LogP contribution in [-0.4, -0.2) is 11.2 Å². The molecule has 0 saturated heterocycles. The summed E-state index contributed by atoms with van der Waals surface area (Å²) in [5.41, 5.74) is 0.440. The summed E-state index contributed by atoms with van der Waals surface area (Å²) in [5.74, 6) is -0.282. The highest BCUT2D eigenvalue weighted by Gasteiger charge is 1.92. The van der Waals surface area contributed by atoms with Crippen molar-refractivity contribution in [2.45, 2.75) is 6.92 Å². The maximum Gasteiger partial charge on any atom is 0.200 e. The van der Waals surface area contributed by atoms with Crippen molar-refractivity contribution in [1.82, 2.24) is 0 Å². The maximum absolute atomic E-state index is 10.2. The van der Waals surface area contributed by atoms with Gasteiger partial charge in [0.1, 0.15) is 5.37 Å². The van der Waals surface area contributed by atoms with E-state index in [-0.39, 0.29) is 5.78 Å². The lowest BCUT2D eigenvalue weighted by molar-refractivity contribution is -0.109. The fourth-order valence-corrected chi connectivity index (χ4v) is 0.261. The molecule has 0 aromatic carbocycles. The Morgan fingerprint density at radius 1 is 1.86 bits per heavy atom. The molecule has 0 aliphatic carbocycles. The normalized spacial score (nSPS) is 7.57. The summed E-state index contributed by atoms with van der Waals surface area (Å²) in [6.45, 7) is 4.95. The molecule has 0 saturated carbocycles. The Hall–Kier alpha value is -0.500. The highest BCUT2D eigenvalue weighted by molar-refractivity contribution is 7.80. The predicted molar refractivity (Wildman–Crippen MR) is 32.4 cm³/mol. The van der Waals surface area contributed by atoms with Gasteiger partial charge >= 0.3 is 0 Å². The number of allylic oxidation sites excluding steroid dienone is 1. The van der Waals surface area contributed by atoms with Crippen molar-refractivity contribution in [3.05, 3.63) is 12.2 Å². The number of hydrogen-bond donors (Lipinski definition) is 0. The third-order valence-corrected chi connectivity index (χ3v) is 0.666. The Kier molecular flexibility index (Phi) is 2.45. The third-order valence-electron chi connectivity index (χ3n) is 0.480. The second-order valence-electron chi connectivity index (χ2n) is 1.21. The summed E-state index contributed by atoms with van der Waals surface area (Å²) in [6.07, 6.45) is 0. The molecule has 0 aromatic heterocycles. The van der Waals surface area contributed by atoms with Crippen molar-refractivity contribution in [3.63, 3.8) is 0 Å². The number of Topliss-reactive ketones (excluding diaryl/α,β-unsaturated/α-hetero) is 1. The van der Waals surface area contributed by atoms with Gasteiger partial charge in [-0.3, -0.25) is 4.79 Å². The molecule has 0 heterocycles. The topological polar surface area (TPSA) is 17.1 Å². The summed E-state index contributed by atoms with van der Waals surface area (Å²) in [6, 6.07) is 0. The molecule has 37 valence electrons. The average Bonchev–Trinajstić information content (AvgIpc) is 1.65. The minimum absolute atomic E-state index is 0.282. The van der Waals surface area contributed by atoms with Crippen LogP contribution in [0.5, 0.6) is 0 Å². The Bertz CT molecular complexity index is 115. The van der Waals surface area contributed by atoms with Crippen LogP contribution in [-0.2, 0) is 4.79 Å². The molecule has 0 fully saturated rings. The van der Waals surface area contributed by atoms with Crippen LogP contribution in [0.25, 0.3) is 0 Å². The molecule has 7 heavy (non-hydrogen) atoms. The van der Waals surface area contributed by atoms with E-state index in [9.17, 15) is 4.79 Å². The van der Waals surface area contributed by atoms with Crippen LogP contribution < -0.4 is 0 Å². The van der Waals surface area contributed by atoms with Gasteiger partial charge in [0.25, 0.3) is 0 Å². The fourth-order valence-electron chi connectivity index (χ4n) is 0.0871. The zero-order valence-electron chi connectivity index (χ0n) is 4.02. The van der Waals surface area contributed by atoms with E-state index in [0.29, 0.717) is 5.57 Å². The molecule has 1 radical (unpaired) electrons. The van der Waals surface area contributed by atoms with Crippen LogP contribution in [0.2, 0.25) is 0 Å². The van der Waals surface area contributed by atoms with Crippen LogP contribution in [0.1, 0.15) is 6.92 Å². The highest BCUT2D eigenvalue weighted by atomic mass is 32.1. The minimum atomic E-state index is -0.282. The molecule has 0 aromatic rings. The number of hydrogen-bond acceptors (Lipinski definition) is 2. The minimum Gasteiger partial charge on any atom is -0.288 e. The van der Waals surface area contributed by atoms with Crippen LogP contribution in [0.15, 0.2) is 12.2 Å². The fraction of sp³-hybridized carbons (Fsp3) is 0.200. The molecule has 0 unspecified atom stereocenters. The van der Waals surface area contributed by atoms with E-state index in [2.05, 4.69) is 18.8 Å². The summed E-state index contributed by atoms with van der Waals surface area (Å²) in [5, 5.41) is 2.01. The number of rotatable bonds is 2. The molecule has 0 atom stereocenters. The molecule has 0 spiro atoms. The molecule has 0 bridgehead atoms. The highest BCUT2D eigenvalue weighted by Crippen LogP contribution is 1.84. The number of carbonyl (C=O) groups excluding carboxylic acids is 1. The first-order valence-corrected chi connectivity index (χ1v) is 2.17. The van der Waals surface area contributed by atoms with Gasteiger partial charge in [-0.2, -0.15) is 0 Å². The zero-order chi connectivity index (χ0) is 5.86. The van der Waals surface area contributed by atoms with Gasteiger partial charge in [0.2, 0.25) is 5.78 Å². The molecule has 0 aliphatic heterocycles. The Balaban J connectivity index is 3.81. The summed E-state index contributed by atoms with van der Waals surface area (Å²) < 4.78 is 0. The molecule has 0 amide bonds. The van der Waals surface area contributed by atoms with Crippen LogP contribution >= 0.6 is 12.2 Å². The SMILES string of the molecule is C=C(C)C(=O)[C]=S. The van der Waals surface area contributed by atoms with E-state index >= 15 is 0 Å². The monoisotopic (exact) mass is 113 g/mol.